The van der Waals surface area contributed by atoms with E-state index in [-0.39, 0.29) is 31.1 Å². The molecule has 0 aromatic heterocycles. The van der Waals surface area contributed by atoms with Crippen LogP contribution in [-0.2, 0) is 28.6 Å². The van der Waals surface area contributed by atoms with Crippen molar-refractivity contribution in [1.82, 2.24) is 0 Å². The Morgan fingerprint density at radius 3 is 0.790 bits per heavy atom. The Balaban J connectivity index is 4.26. The van der Waals surface area contributed by atoms with Crippen molar-refractivity contribution in [1.29, 1.82) is 0 Å². The summed E-state index contributed by atoms with van der Waals surface area (Å²) in [5.74, 6) is 0.0132. The number of ether oxygens (including phenoxy) is 3. The molecule has 0 radical (unpaired) electrons. The SMILES string of the molecule is CCCCCCCCCCCCCCCCC(=O)OC[C@H](COC(=O)CCCCCCCCCCCCC)OC(=O)CCCCCCCCCCCCCCCCCCC(C)C. The first-order valence-electron chi connectivity index (χ1n) is 27.9. The van der Waals surface area contributed by atoms with E-state index in [0.29, 0.717) is 19.3 Å². The van der Waals surface area contributed by atoms with Crippen LogP contribution >= 0.6 is 0 Å². The molecule has 0 heterocycles. The summed E-state index contributed by atoms with van der Waals surface area (Å²) in [5, 5.41) is 0. The van der Waals surface area contributed by atoms with Crippen LogP contribution in [-0.4, -0.2) is 37.2 Å². The Morgan fingerprint density at radius 2 is 0.532 bits per heavy atom. The third kappa shape index (κ3) is 49.4. The Kier molecular flexibility index (Phi) is 49.1. The lowest BCUT2D eigenvalue weighted by molar-refractivity contribution is -0.167. The van der Waals surface area contributed by atoms with Crippen LogP contribution in [0, 0.1) is 5.92 Å². The van der Waals surface area contributed by atoms with E-state index in [1.165, 1.54) is 212 Å². The number of esters is 3. The van der Waals surface area contributed by atoms with E-state index in [1.807, 2.05) is 0 Å². The zero-order valence-electron chi connectivity index (χ0n) is 42.3. The summed E-state index contributed by atoms with van der Waals surface area (Å²) in [6, 6.07) is 0. The zero-order valence-corrected chi connectivity index (χ0v) is 42.3. The summed E-state index contributed by atoms with van der Waals surface area (Å²) in [5.41, 5.74) is 0. The molecule has 0 aromatic carbocycles. The van der Waals surface area contributed by atoms with Crippen LogP contribution < -0.4 is 0 Å². The Labute approximate surface area is 387 Å². The van der Waals surface area contributed by atoms with Crippen LogP contribution in [0.1, 0.15) is 317 Å². The van der Waals surface area contributed by atoms with Crippen molar-refractivity contribution in [2.75, 3.05) is 13.2 Å². The fourth-order valence-electron chi connectivity index (χ4n) is 8.57. The summed E-state index contributed by atoms with van der Waals surface area (Å²) in [7, 11) is 0. The number of carbonyl (C=O) groups is 3. The molecular weight excluding hydrogens is 769 g/mol. The van der Waals surface area contributed by atoms with E-state index < -0.39 is 6.10 Å². The van der Waals surface area contributed by atoms with Crippen molar-refractivity contribution in [3.63, 3.8) is 0 Å². The fraction of sp³-hybridized carbons (Fsp3) is 0.946. The van der Waals surface area contributed by atoms with Crippen LogP contribution in [0.5, 0.6) is 0 Å². The van der Waals surface area contributed by atoms with Crippen LogP contribution in [0.25, 0.3) is 0 Å². The van der Waals surface area contributed by atoms with Gasteiger partial charge in [-0.15, -0.1) is 0 Å². The van der Waals surface area contributed by atoms with Gasteiger partial charge in [-0.05, 0) is 25.2 Å². The summed E-state index contributed by atoms with van der Waals surface area (Å²) >= 11 is 0. The normalized spacial score (nSPS) is 12.0. The number of unbranched alkanes of at least 4 members (excludes halogenated alkanes) is 38. The fourth-order valence-corrected chi connectivity index (χ4v) is 8.57. The molecule has 0 saturated carbocycles. The highest BCUT2D eigenvalue weighted by molar-refractivity contribution is 5.71. The molecule has 0 fully saturated rings. The highest BCUT2D eigenvalue weighted by Gasteiger charge is 2.19. The van der Waals surface area contributed by atoms with Gasteiger partial charge in [0.15, 0.2) is 6.10 Å². The quantitative estimate of drug-likeness (QED) is 0.0344. The van der Waals surface area contributed by atoms with Gasteiger partial charge in [0.1, 0.15) is 13.2 Å². The first-order chi connectivity index (χ1) is 30.4. The molecule has 368 valence electrons. The summed E-state index contributed by atoms with van der Waals surface area (Å²) in [6.45, 7) is 9.05. The minimum absolute atomic E-state index is 0.0620. The number of hydrogen-bond acceptors (Lipinski definition) is 6. The van der Waals surface area contributed by atoms with Crippen molar-refractivity contribution >= 4 is 17.9 Å². The molecule has 6 nitrogen and oxygen atoms in total. The van der Waals surface area contributed by atoms with E-state index in [0.717, 1.165) is 63.7 Å². The van der Waals surface area contributed by atoms with Gasteiger partial charge in [-0.1, -0.05) is 278 Å². The van der Waals surface area contributed by atoms with E-state index in [2.05, 4.69) is 27.7 Å². The van der Waals surface area contributed by atoms with E-state index in [1.54, 1.807) is 0 Å². The molecule has 0 aliphatic rings. The lowest BCUT2D eigenvalue weighted by atomic mass is 10.0. The van der Waals surface area contributed by atoms with Gasteiger partial charge in [-0.2, -0.15) is 0 Å². The van der Waals surface area contributed by atoms with Gasteiger partial charge in [-0.25, -0.2) is 0 Å². The van der Waals surface area contributed by atoms with Crippen molar-refractivity contribution in [2.45, 2.75) is 323 Å². The second kappa shape index (κ2) is 50.4. The topological polar surface area (TPSA) is 78.9 Å². The molecule has 0 amide bonds. The smallest absolute Gasteiger partial charge is 0.306 e. The van der Waals surface area contributed by atoms with Crippen molar-refractivity contribution in [2.24, 2.45) is 5.92 Å². The van der Waals surface area contributed by atoms with Gasteiger partial charge < -0.3 is 14.2 Å². The molecule has 62 heavy (non-hydrogen) atoms. The highest BCUT2D eigenvalue weighted by Crippen LogP contribution is 2.18. The van der Waals surface area contributed by atoms with Gasteiger partial charge in [0.05, 0.1) is 0 Å². The lowest BCUT2D eigenvalue weighted by Crippen LogP contribution is -2.30. The first kappa shape index (κ1) is 60.4. The third-order valence-electron chi connectivity index (χ3n) is 12.8. The molecule has 0 rings (SSSR count). The molecule has 0 N–H and O–H groups in total. The Hall–Kier alpha value is -1.59. The van der Waals surface area contributed by atoms with Crippen molar-refractivity contribution in [3.8, 4) is 0 Å². The van der Waals surface area contributed by atoms with Crippen LogP contribution in [0.4, 0.5) is 0 Å². The molecule has 0 unspecified atom stereocenters. The molecule has 0 aromatic rings. The van der Waals surface area contributed by atoms with Crippen LogP contribution in [0.3, 0.4) is 0 Å². The standard InChI is InChI=1S/C56H108O6/c1-5-7-9-11-13-15-17-18-24-28-32-36-40-44-48-55(58)61-51-53(50-60-54(57)47-43-39-35-31-26-16-14-12-10-8-6-2)62-56(59)49-45-41-37-33-29-25-22-20-19-21-23-27-30-34-38-42-46-52(3)4/h52-53H,5-51H2,1-4H3/t53-/m0/s1. The van der Waals surface area contributed by atoms with E-state index in [9.17, 15) is 14.4 Å². The van der Waals surface area contributed by atoms with Crippen LogP contribution in [0.15, 0.2) is 0 Å². The Bertz CT molecular complexity index is 933. The maximum atomic E-state index is 12.8. The average molecular weight is 877 g/mol. The predicted octanol–water partition coefficient (Wildman–Crippen LogP) is 18.2. The second-order valence-corrected chi connectivity index (χ2v) is 19.7. The van der Waals surface area contributed by atoms with E-state index in [4.69, 9.17) is 14.2 Å². The molecule has 1 atom stereocenters. The number of rotatable bonds is 51. The summed E-state index contributed by atoms with van der Waals surface area (Å²) in [6.07, 6.45) is 53.7. The maximum absolute atomic E-state index is 12.8. The molecule has 0 aliphatic carbocycles. The predicted molar refractivity (Wildman–Crippen MR) is 266 cm³/mol. The minimum Gasteiger partial charge on any atom is -0.462 e. The lowest BCUT2D eigenvalue weighted by Gasteiger charge is -2.18. The minimum atomic E-state index is -0.761. The van der Waals surface area contributed by atoms with Gasteiger partial charge in [0.2, 0.25) is 0 Å². The molecule has 0 spiro atoms. The van der Waals surface area contributed by atoms with Gasteiger partial charge in [0, 0.05) is 19.3 Å². The molecule has 0 bridgehead atoms. The Morgan fingerprint density at radius 1 is 0.306 bits per heavy atom. The first-order valence-corrected chi connectivity index (χ1v) is 27.9. The molecule has 6 heteroatoms. The number of carbonyl (C=O) groups excluding carboxylic acids is 3. The van der Waals surface area contributed by atoms with E-state index >= 15 is 0 Å². The van der Waals surface area contributed by atoms with Crippen molar-refractivity contribution < 1.29 is 28.6 Å². The third-order valence-corrected chi connectivity index (χ3v) is 12.8. The largest absolute Gasteiger partial charge is 0.462 e. The second-order valence-electron chi connectivity index (χ2n) is 19.7. The van der Waals surface area contributed by atoms with Gasteiger partial charge in [0.25, 0.3) is 0 Å². The van der Waals surface area contributed by atoms with Gasteiger partial charge >= 0.3 is 17.9 Å². The number of hydrogen-bond donors (Lipinski definition) is 0. The van der Waals surface area contributed by atoms with Crippen LogP contribution in [0.2, 0.25) is 0 Å². The summed E-state index contributed by atoms with van der Waals surface area (Å²) < 4.78 is 16.8. The van der Waals surface area contributed by atoms with Gasteiger partial charge in [-0.3, -0.25) is 14.4 Å². The highest BCUT2D eigenvalue weighted by atomic mass is 16.6. The summed E-state index contributed by atoms with van der Waals surface area (Å²) in [4.78, 5) is 38.0. The zero-order chi connectivity index (χ0) is 45.2. The maximum Gasteiger partial charge on any atom is 0.306 e. The molecule has 0 saturated heterocycles. The monoisotopic (exact) mass is 877 g/mol. The molecular formula is C56H108O6. The average Bonchev–Trinajstić information content (AvgIpc) is 3.26. The molecule has 0 aliphatic heterocycles. The van der Waals surface area contributed by atoms with Crippen molar-refractivity contribution in [3.05, 3.63) is 0 Å².